The first-order chi connectivity index (χ1) is 11.9. The number of carbonyl (C=O) groups excluding carboxylic acids is 1. The van der Waals surface area contributed by atoms with Gasteiger partial charge in [0, 0.05) is 56.2 Å². The summed E-state index contributed by atoms with van der Waals surface area (Å²) in [5.41, 5.74) is 1.44. The van der Waals surface area contributed by atoms with Crippen LogP contribution < -0.4 is 0 Å². The van der Waals surface area contributed by atoms with E-state index in [2.05, 4.69) is 4.98 Å². The maximum Gasteiger partial charge on any atom is 0.262 e. The molecule has 2 aliphatic rings. The summed E-state index contributed by atoms with van der Waals surface area (Å²) >= 11 is 0. The number of carbonyl (C=O) groups is 1. The first-order valence-corrected chi connectivity index (χ1v) is 8.74. The zero-order valence-corrected chi connectivity index (χ0v) is 14.8. The molecule has 0 unspecified atom stereocenters. The second-order valence-electron chi connectivity index (χ2n) is 7.05. The van der Waals surface area contributed by atoms with Gasteiger partial charge in [-0.1, -0.05) is 0 Å². The minimum Gasteiger partial charge on any atom is -0.383 e. The van der Waals surface area contributed by atoms with Gasteiger partial charge in [0.1, 0.15) is 0 Å². The van der Waals surface area contributed by atoms with E-state index < -0.39 is 5.92 Å². The maximum absolute atomic E-state index is 13.8. The first kappa shape index (κ1) is 18.2. The largest absolute Gasteiger partial charge is 0.383 e. The first-order valence-electron chi connectivity index (χ1n) is 8.74. The summed E-state index contributed by atoms with van der Waals surface area (Å²) in [6.07, 6.45) is 2.92. The highest BCUT2D eigenvalue weighted by atomic mass is 19.3. The number of pyridine rings is 1. The average Bonchev–Trinajstić information content (AvgIpc) is 2.89. The predicted octanol–water partition coefficient (Wildman–Crippen LogP) is 2.35. The van der Waals surface area contributed by atoms with Gasteiger partial charge in [-0.15, -0.1) is 0 Å². The Morgan fingerprint density at radius 2 is 2.12 bits per heavy atom. The molecule has 3 heterocycles. The number of methoxy groups -OCH3 is 1. The smallest absolute Gasteiger partial charge is 0.262 e. The molecule has 0 spiro atoms. The summed E-state index contributed by atoms with van der Waals surface area (Å²) in [6.45, 7) is 3.15. The monoisotopic (exact) mass is 353 g/mol. The zero-order valence-electron chi connectivity index (χ0n) is 14.8. The Balaban J connectivity index is 1.60. The SMILES string of the molecule is COC[C@@H]1CC(F)(F)CN1C1CCN(C(=O)c2ccnc(C)c2)CC1. The van der Waals surface area contributed by atoms with Gasteiger partial charge in [0.05, 0.1) is 13.2 Å². The molecule has 0 aliphatic carbocycles. The van der Waals surface area contributed by atoms with E-state index in [-0.39, 0.29) is 31.0 Å². The van der Waals surface area contributed by atoms with E-state index in [1.807, 2.05) is 16.7 Å². The molecular formula is C18H25F2N3O2. The van der Waals surface area contributed by atoms with E-state index in [1.54, 1.807) is 25.4 Å². The Labute approximate surface area is 147 Å². The third kappa shape index (κ3) is 4.15. The quantitative estimate of drug-likeness (QED) is 0.834. The van der Waals surface area contributed by atoms with Crippen molar-refractivity contribution in [2.75, 3.05) is 33.4 Å². The van der Waals surface area contributed by atoms with E-state index in [1.165, 1.54) is 0 Å². The van der Waals surface area contributed by atoms with Crippen LogP contribution in [0.15, 0.2) is 18.3 Å². The van der Waals surface area contributed by atoms with Crippen molar-refractivity contribution >= 4 is 5.91 Å². The fourth-order valence-electron chi connectivity index (χ4n) is 3.96. The van der Waals surface area contributed by atoms with Crippen molar-refractivity contribution in [1.82, 2.24) is 14.8 Å². The molecular weight excluding hydrogens is 328 g/mol. The lowest BCUT2D eigenvalue weighted by Crippen LogP contribution is -2.49. The molecule has 1 aromatic rings. The fraction of sp³-hybridized carbons (Fsp3) is 0.667. The van der Waals surface area contributed by atoms with Gasteiger partial charge in [-0.25, -0.2) is 8.78 Å². The van der Waals surface area contributed by atoms with Gasteiger partial charge < -0.3 is 9.64 Å². The minimum atomic E-state index is -2.65. The number of halogens is 2. The number of alkyl halides is 2. The van der Waals surface area contributed by atoms with Crippen LogP contribution in [0.2, 0.25) is 0 Å². The van der Waals surface area contributed by atoms with E-state index in [0.717, 1.165) is 5.69 Å². The molecule has 5 nitrogen and oxygen atoms in total. The lowest BCUT2D eigenvalue weighted by Gasteiger charge is -2.39. The highest BCUT2D eigenvalue weighted by Gasteiger charge is 2.47. The van der Waals surface area contributed by atoms with E-state index in [4.69, 9.17) is 4.74 Å². The number of nitrogens with zero attached hydrogens (tertiary/aromatic N) is 3. The molecule has 138 valence electrons. The van der Waals surface area contributed by atoms with Gasteiger partial charge in [0.2, 0.25) is 0 Å². The number of hydrogen-bond donors (Lipinski definition) is 0. The summed E-state index contributed by atoms with van der Waals surface area (Å²) in [5.74, 6) is -2.66. The maximum atomic E-state index is 13.8. The van der Waals surface area contributed by atoms with Crippen LogP contribution in [0.4, 0.5) is 8.78 Å². The Morgan fingerprint density at radius 1 is 1.40 bits per heavy atom. The highest BCUT2D eigenvalue weighted by Crippen LogP contribution is 2.35. The second-order valence-corrected chi connectivity index (χ2v) is 7.05. The van der Waals surface area contributed by atoms with Crippen LogP contribution in [0.1, 0.15) is 35.3 Å². The molecule has 7 heteroatoms. The van der Waals surface area contributed by atoms with Crippen LogP contribution in [-0.2, 0) is 4.74 Å². The lowest BCUT2D eigenvalue weighted by molar-refractivity contribution is 0.00285. The summed E-state index contributed by atoms with van der Waals surface area (Å²) in [5, 5.41) is 0. The molecule has 1 amide bonds. The molecule has 0 saturated carbocycles. The zero-order chi connectivity index (χ0) is 18.0. The molecule has 2 aliphatic heterocycles. The summed E-state index contributed by atoms with van der Waals surface area (Å²) in [4.78, 5) is 20.4. The topological polar surface area (TPSA) is 45.7 Å². The Hall–Kier alpha value is -1.60. The van der Waals surface area contributed by atoms with Crippen LogP contribution in [0.3, 0.4) is 0 Å². The molecule has 0 aromatic carbocycles. The third-order valence-electron chi connectivity index (χ3n) is 5.14. The number of likely N-dealkylation sites (tertiary alicyclic amines) is 2. The lowest BCUT2D eigenvalue weighted by atomic mass is 10.0. The van der Waals surface area contributed by atoms with E-state index in [9.17, 15) is 13.6 Å². The Kier molecular flexibility index (Phi) is 5.34. The standard InChI is InChI=1S/C18H25F2N3O2/c1-13-9-14(3-6-21-13)17(24)22-7-4-15(5-8-22)23-12-18(19,20)10-16(23)11-25-2/h3,6,9,15-16H,4-5,7-8,10-12H2,1-2H3/t16-/m0/s1. The van der Waals surface area contributed by atoms with Gasteiger partial charge in [0.25, 0.3) is 11.8 Å². The number of aryl methyl sites for hydroxylation is 1. The van der Waals surface area contributed by atoms with Gasteiger partial charge in [-0.3, -0.25) is 14.7 Å². The van der Waals surface area contributed by atoms with Crippen molar-refractivity contribution in [3.63, 3.8) is 0 Å². The van der Waals surface area contributed by atoms with Crippen molar-refractivity contribution in [1.29, 1.82) is 0 Å². The second kappa shape index (κ2) is 7.33. The number of piperidine rings is 1. The van der Waals surface area contributed by atoms with Crippen molar-refractivity contribution < 1.29 is 18.3 Å². The molecule has 2 saturated heterocycles. The van der Waals surface area contributed by atoms with Crippen molar-refractivity contribution in [3.8, 4) is 0 Å². The molecule has 25 heavy (non-hydrogen) atoms. The summed E-state index contributed by atoms with van der Waals surface area (Å²) in [6, 6.07) is 3.34. The average molecular weight is 353 g/mol. The fourth-order valence-corrected chi connectivity index (χ4v) is 3.96. The Morgan fingerprint density at radius 3 is 2.76 bits per heavy atom. The molecule has 2 fully saturated rings. The number of aromatic nitrogens is 1. The number of ether oxygens (including phenoxy) is 1. The van der Waals surface area contributed by atoms with Crippen LogP contribution in [0.5, 0.6) is 0 Å². The highest BCUT2D eigenvalue weighted by molar-refractivity contribution is 5.94. The van der Waals surface area contributed by atoms with Gasteiger partial charge in [-0.2, -0.15) is 0 Å². The molecule has 1 atom stereocenters. The van der Waals surface area contributed by atoms with E-state index in [0.29, 0.717) is 38.1 Å². The van der Waals surface area contributed by atoms with Crippen molar-refractivity contribution in [2.24, 2.45) is 0 Å². The minimum absolute atomic E-state index is 0.0101. The summed E-state index contributed by atoms with van der Waals surface area (Å²) in [7, 11) is 1.55. The van der Waals surface area contributed by atoms with Gasteiger partial charge in [0.15, 0.2) is 0 Å². The predicted molar refractivity (Wildman–Crippen MR) is 89.8 cm³/mol. The molecule has 3 rings (SSSR count). The van der Waals surface area contributed by atoms with Crippen LogP contribution in [0.25, 0.3) is 0 Å². The molecule has 0 radical (unpaired) electrons. The van der Waals surface area contributed by atoms with Crippen LogP contribution in [0, 0.1) is 6.92 Å². The number of amides is 1. The Bertz CT molecular complexity index is 618. The third-order valence-corrected chi connectivity index (χ3v) is 5.14. The number of hydrogen-bond acceptors (Lipinski definition) is 4. The normalized spacial score (nSPS) is 24.6. The van der Waals surface area contributed by atoms with Crippen LogP contribution in [-0.4, -0.2) is 72.0 Å². The van der Waals surface area contributed by atoms with E-state index >= 15 is 0 Å². The number of rotatable bonds is 4. The van der Waals surface area contributed by atoms with Crippen molar-refractivity contribution in [2.45, 2.75) is 44.2 Å². The van der Waals surface area contributed by atoms with Gasteiger partial charge >= 0.3 is 0 Å². The van der Waals surface area contributed by atoms with Gasteiger partial charge in [-0.05, 0) is 31.9 Å². The molecule has 0 N–H and O–H groups in total. The summed E-state index contributed by atoms with van der Waals surface area (Å²) < 4.78 is 32.8. The van der Waals surface area contributed by atoms with Crippen LogP contribution >= 0.6 is 0 Å². The molecule has 1 aromatic heterocycles. The molecule has 0 bridgehead atoms. The van der Waals surface area contributed by atoms with Crippen molar-refractivity contribution in [3.05, 3.63) is 29.6 Å².